The third-order valence-corrected chi connectivity index (χ3v) is 2.70. The largest absolute Gasteiger partial charge is 0.452 e. The van der Waals surface area contributed by atoms with Gasteiger partial charge in [0.05, 0.1) is 0 Å². The SMILES string of the molecule is C#CCC(=O)OC(c1ccccc1)c1ccccc1. The van der Waals surface area contributed by atoms with Crippen molar-refractivity contribution in [2.45, 2.75) is 12.5 Å². The zero-order valence-corrected chi connectivity index (χ0v) is 10.5. The van der Waals surface area contributed by atoms with Gasteiger partial charge >= 0.3 is 5.97 Å². The summed E-state index contributed by atoms with van der Waals surface area (Å²) in [5.74, 6) is 1.91. The predicted molar refractivity (Wildman–Crippen MR) is 74.3 cm³/mol. The topological polar surface area (TPSA) is 26.3 Å². The first-order valence-electron chi connectivity index (χ1n) is 6.04. The van der Waals surface area contributed by atoms with Gasteiger partial charge in [0.2, 0.25) is 0 Å². The van der Waals surface area contributed by atoms with Gasteiger partial charge in [-0.1, -0.05) is 66.6 Å². The third-order valence-electron chi connectivity index (χ3n) is 2.70. The number of benzene rings is 2. The number of carbonyl (C=O) groups is 1. The highest BCUT2D eigenvalue weighted by Gasteiger charge is 2.17. The monoisotopic (exact) mass is 250 g/mol. The fraction of sp³-hybridized carbons (Fsp3) is 0.118. The summed E-state index contributed by atoms with van der Waals surface area (Å²) in [6.45, 7) is 0. The fourth-order valence-electron chi connectivity index (χ4n) is 1.84. The lowest BCUT2D eigenvalue weighted by Crippen LogP contribution is -2.12. The molecule has 0 spiro atoms. The zero-order valence-electron chi connectivity index (χ0n) is 10.5. The molecule has 0 aromatic heterocycles. The number of ether oxygens (including phenoxy) is 1. The molecule has 0 saturated carbocycles. The minimum absolute atomic E-state index is 0.0177. The second-order valence-corrected chi connectivity index (χ2v) is 4.07. The van der Waals surface area contributed by atoms with Gasteiger partial charge in [0.1, 0.15) is 6.42 Å². The molecule has 0 heterocycles. The lowest BCUT2D eigenvalue weighted by atomic mass is 10.0. The molecule has 0 saturated heterocycles. The van der Waals surface area contributed by atoms with E-state index in [2.05, 4.69) is 5.92 Å². The van der Waals surface area contributed by atoms with Gasteiger partial charge in [-0.25, -0.2) is 0 Å². The Bertz CT molecular complexity index is 528. The number of rotatable bonds is 4. The van der Waals surface area contributed by atoms with E-state index in [0.717, 1.165) is 11.1 Å². The quantitative estimate of drug-likeness (QED) is 0.614. The molecule has 0 bridgehead atoms. The second-order valence-electron chi connectivity index (χ2n) is 4.07. The number of hydrogen-bond acceptors (Lipinski definition) is 2. The summed E-state index contributed by atoms with van der Waals surface area (Å²) in [4.78, 5) is 11.6. The van der Waals surface area contributed by atoms with Crippen LogP contribution in [-0.4, -0.2) is 5.97 Å². The summed E-state index contributed by atoms with van der Waals surface area (Å²) in [7, 11) is 0. The Morgan fingerprint density at radius 2 is 1.47 bits per heavy atom. The van der Waals surface area contributed by atoms with Crippen LogP contribution in [0.15, 0.2) is 60.7 Å². The Hall–Kier alpha value is -2.53. The van der Waals surface area contributed by atoms with Crippen molar-refractivity contribution in [3.63, 3.8) is 0 Å². The van der Waals surface area contributed by atoms with E-state index in [1.165, 1.54) is 0 Å². The van der Waals surface area contributed by atoms with Gasteiger partial charge in [0.25, 0.3) is 0 Å². The number of esters is 1. The highest BCUT2D eigenvalue weighted by Crippen LogP contribution is 2.26. The Labute approximate surface area is 113 Å². The molecule has 0 aliphatic heterocycles. The molecule has 0 fully saturated rings. The van der Waals surface area contributed by atoms with Gasteiger partial charge in [-0.2, -0.15) is 0 Å². The first-order chi connectivity index (χ1) is 9.31. The summed E-state index contributed by atoms with van der Waals surface area (Å²) < 4.78 is 5.48. The van der Waals surface area contributed by atoms with Crippen molar-refractivity contribution in [1.29, 1.82) is 0 Å². The van der Waals surface area contributed by atoms with Crippen molar-refractivity contribution < 1.29 is 9.53 Å². The van der Waals surface area contributed by atoms with Crippen LogP contribution in [0.4, 0.5) is 0 Å². The third kappa shape index (κ3) is 3.46. The number of carbonyl (C=O) groups excluding carboxylic acids is 1. The highest BCUT2D eigenvalue weighted by molar-refractivity contribution is 5.72. The molecule has 0 aliphatic carbocycles. The maximum atomic E-state index is 11.6. The van der Waals surface area contributed by atoms with Crippen LogP contribution in [0.25, 0.3) is 0 Å². The second kappa shape index (κ2) is 6.42. The van der Waals surface area contributed by atoms with Crippen LogP contribution < -0.4 is 0 Å². The fourth-order valence-corrected chi connectivity index (χ4v) is 1.84. The minimum atomic E-state index is -0.414. The molecule has 2 heteroatoms. The van der Waals surface area contributed by atoms with E-state index < -0.39 is 6.10 Å². The van der Waals surface area contributed by atoms with E-state index in [1.54, 1.807) is 0 Å². The van der Waals surface area contributed by atoms with Gasteiger partial charge in [0, 0.05) is 0 Å². The van der Waals surface area contributed by atoms with Crippen molar-refractivity contribution in [2.24, 2.45) is 0 Å². The Morgan fingerprint density at radius 1 is 1.00 bits per heavy atom. The van der Waals surface area contributed by atoms with Gasteiger partial charge in [-0.05, 0) is 11.1 Å². The van der Waals surface area contributed by atoms with Crippen LogP contribution in [0.5, 0.6) is 0 Å². The lowest BCUT2D eigenvalue weighted by molar-refractivity contribution is -0.146. The number of terminal acetylenes is 1. The van der Waals surface area contributed by atoms with Crippen molar-refractivity contribution >= 4 is 5.97 Å². The van der Waals surface area contributed by atoms with Crippen LogP contribution in [0.2, 0.25) is 0 Å². The minimum Gasteiger partial charge on any atom is -0.452 e. The molecule has 2 nitrogen and oxygen atoms in total. The van der Waals surface area contributed by atoms with E-state index in [9.17, 15) is 4.79 Å². The zero-order chi connectivity index (χ0) is 13.5. The van der Waals surface area contributed by atoms with E-state index in [0.29, 0.717) is 0 Å². The summed E-state index contributed by atoms with van der Waals surface area (Å²) in [5, 5.41) is 0. The Balaban J connectivity index is 2.30. The van der Waals surface area contributed by atoms with Gasteiger partial charge in [-0.15, -0.1) is 6.42 Å². The summed E-state index contributed by atoms with van der Waals surface area (Å²) in [5.41, 5.74) is 1.86. The maximum Gasteiger partial charge on any atom is 0.318 e. The summed E-state index contributed by atoms with van der Waals surface area (Å²) in [6, 6.07) is 19.2. The predicted octanol–water partition coefficient (Wildman–Crippen LogP) is 3.34. The molecule has 2 rings (SSSR count). The van der Waals surface area contributed by atoms with Crippen LogP contribution in [-0.2, 0) is 9.53 Å². The van der Waals surface area contributed by atoms with Crippen molar-refractivity contribution in [3.8, 4) is 12.3 Å². The first kappa shape index (κ1) is 12.9. The maximum absolute atomic E-state index is 11.6. The number of hydrogen-bond donors (Lipinski definition) is 0. The molecule has 94 valence electrons. The highest BCUT2D eigenvalue weighted by atomic mass is 16.5. The van der Waals surface area contributed by atoms with Crippen LogP contribution in [0.3, 0.4) is 0 Å². The molecule has 0 radical (unpaired) electrons. The van der Waals surface area contributed by atoms with Gasteiger partial charge in [0.15, 0.2) is 6.10 Å². The molecular weight excluding hydrogens is 236 g/mol. The van der Waals surface area contributed by atoms with Crippen LogP contribution in [0, 0.1) is 12.3 Å². The molecule has 19 heavy (non-hydrogen) atoms. The van der Waals surface area contributed by atoms with E-state index in [4.69, 9.17) is 11.2 Å². The standard InChI is InChI=1S/C17H14O2/c1-2-9-16(18)19-17(14-10-5-3-6-11-14)15-12-7-4-8-13-15/h1,3-8,10-13,17H,9H2. The van der Waals surface area contributed by atoms with Gasteiger partial charge < -0.3 is 4.74 Å². The molecule has 0 amide bonds. The first-order valence-corrected chi connectivity index (χ1v) is 6.04. The van der Waals surface area contributed by atoms with Crippen LogP contribution >= 0.6 is 0 Å². The Kier molecular flexibility index (Phi) is 4.36. The molecule has 0 N–H and O–H groups in total. The van der Waals surface area contributed by atoms with Gasteiger partial charge in [-0.3, -0.25) is 4.79 Å². The lowest BCUT2D eigenvalue weighted by Gasteiger charge is -2.18. The van der Waals surface area contributed by atoms with E-state index in [1.807, 2.05) is 60.7 Å². The average molecular weight is 250 g/mol. The molecule has 0 aliphatic rings. The summed E-state index contributed by atoms with van der Waals surface area (Å²) in [6.07, 6.45) is 4.70. The van der Waals surface area contributed by atoms with Crippen molar-refractivity contribution in [2.75, 3.05) is 0 Å². The summed E-state index contributed by atoms with van der Waals surface area (Å²) >= 11 is 0. The molecular formula is C17H14O2. The molecule has 0 unspecified atom stereocenters. The molecule has 2 aromatic rings. The van der Waals surface area contributed by atoms with E-state index in [-0.39, 0.29) is 12.4 Å². The molecule has 0 atom stereocenters. The smallest absolute Gasteiger partial charge is 0.318 e. The average Bonchev–Trinajstić information content (AvgIpc) is 2.47. The molecule has 2 aromatic carbocycles. The van der Waals surface area contributed by atoms with Crippen LogP contribution in [0.1, 0.15) is 23.7 Å². The normalized spacial score (nSPS) is 9.89. The van der Waals surface area contributed by atoms with Crippen molar-refractivity contribution in [1.82, 2.24) is 0 Å². The van der Waals surface area contributed by atoms with E-state index >= 15 is 0 Å². The Morgan fingerprint density at radius 3 is 1.89 bits per heavy atom. The van der Waals surface area contributed by atoms with Crippen molar-refractivity contribution in [3.05, 3.63) is 71.8 Å².